The van der Waals surface area contributed by atoms with E-state index in [1.54, 1.807) is 24.7 Å². The Balaban J connectivity index is 1.40. The van der Waals surface area contributed by atoms with E-state index in [0.29, 0.717) is 17.7 Å². The first-order valence-electron chi connectivity index (χ1n) is 11.5. The summed E-state index contributed by atoms with van der Waals surface area (Å²) in [5, 5.41) is 13.6. The van der Waals surface area contributed by atoms with Crippen LogP contribution in [0.5, 0.6) is 0 Å². The molecule has 0 spiro atoms. The number of rotatable bonds is 4. The molecule has 33 heavy (non-hydrogen) atoms. The highest BCUT2D eigenvalue weighted by Gasteiger charge is 2.40. The lowest BCUT2D eigenvalue weighted by molar-refractivity contribution is -0.151. The molecule has 7 nitrogen and oxygen atoms in total. The first kappa shape index (κ1) is 21.6. The van der Waals surface area contributed by atoms with Gasteiger partial charge in [0.25, 0.3) is 5.91 Å². The highest BCUT2D eigenvalue weighted by Crippen LogP contribution is 2.42. The van der Waals surface area contributed by atoms with Crippen LogP contribution in [0.4, 0.5) is 5.69 Å². The van der Waals surface area contributed by atoms with Gasteiger partial charge in [-0.2, -0.15) is 0 Å². The molecule has 3 aromatic rings. The molecule has 1 saturated heterocycles. The summed E-state index contributed by atoms with van der Waals surface area (Å²) in [5.74, 6) is -0.343. The van der Waals surface area contributed by atoms with Gasteiger partial charge in [-0.25, -0.2) is 0 Å². The van der Waals surface area contributed by atoms with E-state index in [9.17, 15) is 14.7 Å². The Hall–Kier alpha value is -3.29. The number of aliphatic hydroxyl groups excluding tert-OH is 1. The molecular formula is C26H27N3O4. The second-order valence-corrected chi connectivity index (χ2v) is 8.81. The van der Waals surface area contributed by atoms with Gasteiger partial charge in [-0.3, -0.25) is 14.6 Å². The molecule has 3 N–H and O–H groups in total. The Kier molecular flexibility index (Phi) is 6.07. The van der Waals surface area contributed by atoms with E-state index in [2.05, 4.69) is 15.3 Å². The summed E-state index contributed by atoms with van der Waals surface area (Å²) >= 11 is 0. The zero-order valence-corrected chi connectivity index (χ0v) is 18.2. The van der Waals surface area contributed by atoms with E-state index in [4.69, 9.17) is 4.74 Å². The number of carbonyl (C=O) groups excluding carboxylic acids is 1. The standard InChI is InChI=1S/C26H27N3O4/c30-22-12-24(33-23-9-5-4-8-18(22)23)17-10-11-27-15-21(17)29-26(32)20-14-28-13-19(25(20)31)16-6-2-1-3-7-16/h1-3,6-7,10-11,13-15,18,22-24,30H,4-5,8-9,12H2,(H,28,31)(H,29,32)/t18-,22-,23-,24-/m1/s1. The van der Waals surface area contributed by atoms with E-state index in [-0.39, 0.29) is 29.1 Å². The van der Waals surface area contributed by atoms with Crippen LogP contribution in [0.2, 0.25) is 0 Å². The molecule has 1 aliphatic heterocycles. The molecule has 5 rings (SSSR count). The molecule has 0 bridgehead atoms. The minimum Gasteiger partial charge on any atom is -0.393 e. The van der Waals surface area contributed by atoms with Crippen LogP contribution in [0.1, 0.15) is 54.1 Å². The fourth-order valence-corrected chi connectivity index (χ4v) is 5.06. The Labute approximate surface area is 191 Å². The van der Waals surface area contributed by atoms with Gasteiger partial charge in [0, 0.05) is 42.1 Å². The number of ether oxygens (including phenoxy) is 1. The van der Waals surface area contributed by atoms with Crippen molar-refractivity contribution in [3.05, 3.63) is 82.5 Å². The number of amides is 1. The number of hydrogen-bond acceptors (Lipinski definition) is 5. The van der Waals surface area contributed by atoms with E-state index < -0.39 is 12.0 Å². The van der Waals surface area contributed by atoms with Crippen molar-refractivity contribution in [2.45, 2.75) is 50.4 Å². The van der Waals surface area contributed by atoms with Crippen molar-refractivity contribution in [1.82, 2.24) is 9.97 Å². The molecule has 0 unspecified atom stereocenters. The maximum atomic E-state index is 13.1. The summed E-state index contributed by atoms with van der Waals surface area (Å²) in [5.41, 5.74) is 2.08. The number of aromatic amines is 1. The third-order valence-corrected chi connectivity index (χ3v) is 6.77. The number of aromatic nitrogens is 2. The predicted octanol–water partition coefficient (Wildman–Crippen LogP) is 4.07. The van der Waals surface area contributed by atoms with Gasteiger partial charge in [0.05, 0.1) is 30.2 Å². The maximum absolute atomic E-state index is 13.1. The van der Waals surface area contributed by atoms with Crippen LogP contribution in [0.15, 0.2) is 66.0 Å². The fourth-order valence-electron chi connectivity index (χ4n) is 5.06. The van der Waals surface area contributed by atoms with E-state index in [0.717, 1.165) is 36.8 Å². The minimum absolute atomic E-state index is 0.0168. The topological polar surface area (TPSA) is 104 Å². The number of fused-ring (bicyclic) bond motifs is 1. The highest BCUT2D eigenvalue weighted by molar-refractivity contribution is 6.05. The molecule has 1 aliphatic carbocycles. The summed E-state index contributed by atoms with van der Waals surface area (Å²) in [6.45, 7) is 0. The average molecular weight is 446 g/mol. The number of aliphatic hydroxyl groups is 1. The summed E-state index contributed by atoms with van der Waals surface area (Å²) in [6, 6.07) is 11.0. The summed E-state index contributed by atoms with van der Waals surface area (Å²) in [6.07, 6.45) is 10.1. The normalized spacial score (nSPS) is 24.6. The van der Waals surface area contributed by atoms with Crippen LogP contribution in [0.3, 0.4) is 0 Å². The number of pyridine rings is 2. The molecule has 0 radical (unpaired) electrons. The fraction of sp³-hybridized carbons (Fsp3) is 0.346. The number of carbonyl (C=O) groups is 1. The van der Waals surface area contributed by atoms with Crippen molar-refractivity contribution in [3.63, 3.8) is 0 Å². The minimum atomic E-state index is -0.518. The number of nitrogens with one attached hydrogen (secondary N) is 2. The molecule has 2 aromatic heterocycles. The largest absolute Gasteiger partial charge is 0.393 e. The molecule has 1 amide bonds. The number of H-pyrrole nitrogens is 1. The predicted molar refractivity (Wildman–Crippen MR) is 125 cm³/mol. The van der Waals surface area contributed by atoms with Crippen molar-refractivity contribution < 1.29 is 14.6 Å². The Morgan fingerprint density at radius 1 is 1.12 bits per heavy atom. The van der Waals surface area contributed by atoms with Crippen molar-refractivity contribution >= 4 is 11.6 Å². The van der Waals surface area contributed by atoms with Gasteiger partial charge < -0.3 is 20.1 Å². The van der Waals surface area contributed by atoms with Gasteiger partial charge in [0.15, 0.2) is 0 Å². The summed E-state index contributed by atoms with van der Waals surface area (Å²) in [4.78, 5) is 33.2. The van der Waals surface area contributed by atoms with E-state index >= 15 is 0 Å². The van der Waals surface area contributed by atoms with Gasteiger partial charge >= 0.3 is 0 Å². The lowest BCUT2D eigenvalue weighted by Gasteiger charge is -2.43. The van der Waals surface area contributed by atoms with Gasteiger partial charge in [0.2, 0.25) is 5.43 Å². The number of hydrogen-bond donors (Lipinski definition) is 3. The zero-order chi connectivity index (χ0) is 22.8. The third kappa shape index (κ3) is 4.34. The Bertz CT molecular complexity index is 1190. The van der Waals surface area contributed by atoms with Crippen LogP contribution in [-0.4, -0.2) is 33.2 Å². The molecule has 7 heteroatoms. The third-order valence-electron chi connectivity index (χ3n) is 6.77. The van der Waals surface area contributed by atoms with Crippen LogP contribution in [-0.2, 0) is 4.74 Å². The smallest absolute Gasteiger partial charge is 0.261 e. The number of nitrogens with zero attached hydrogens (tertiary/aromatic N) is 1. The van der Waals surface area contributed by atoms with Gasteiger partial charge in [-0.05, 0) is 24.5 Å². The monoisotopic (exact) mass is 445 g/mol. The van der Waals surface area contributed by atoms with Gasteiger partial charge in [0.1, 0.15) is 5.56 Å². The number of anilines is 1. The Morgan fingerprint density at radius 3 is 2.79 bits per heavy atom. The van der Waals surface area contributed by atoms with Crippen LogP contribution < -0.4 is 10.7 Å². The SMILES string of the molecule is O=C(Nc1cnccc1[C@H]1C[C@@H](O)[C@H]2CCCC[C@H]2O1)c1c[nH]cc(-c2ccccc2)c1=O. The molecule has 2 fully saturated rings. The molecule has 3 heterocycles. The summed E-state index contributed by atoms with van der Waals surface area (Å²) in [7, 11) is 0. The average Bonchev–Trinajstić information content (AvgIpc) is 2.85. The van der Waals surface area contributed by atoms with Crippen LogP contribution in [0, 0.1) is 5.92 Å². The van der Waals surface area contributed by atoms with Crippen molar-refractivity contribution in [1.29, 1.82) is 0 Å². The molecular weight excluding hydrogens is 418 g/mol. The first-order valence-corrected chi connectivity index (χ1v) is 11.5. The van der Waals surface area contributed by atoms with Crippen LogP contribution in [0.25, 0.3) is 11.1 Å². The van der Waals surface area contributed by atoms with Crippen LogP contribution >= 0.6 is 0 Å². The van der Waals surface area contributed by atoms with E-state index in [1.165, 1.54) is 6.20 Å². The van der Waals surface area contributed by atoms with E-state index in [1.807, 2.05) is 30.3 Å². The molecule has 2 aliphatic rings. The lowest BCUT2D eigenvalue weighted by Crippen LogP contribution is -2.43. The van der Waals surface area contributed by atoms with Gasteiger partial charge in [-0.1, -0.05) is 43.2 Å². The Morgan fingerprint density at radius 2 is 1.94 bits per heavy atom. The zero-order valence-electron chi connectivity index (χ0n) is 18.2. The molecule has 170 valence electrons. The highest BCUT2D eigenvalue weighted by atomic mass is 16.5. The molecule has 4 atom stereocenters. The quantitative estimate of drug-likeness (QED) is 0.562. The molecule has 1 aromatic carbocycles. The second kappa shape index (κ2) is 9.29. The summed E-state index contributed by atoms with van der Waals surface area (Å²) < 4.78 is 6.37. The van der Waals surface area contributed by atoms with Crippen molar-refractivity contribution in [2.24, 2.45) is 5.92 Å². The van der Waals surface area contributed by atoms with Gasteiger partial charge in [-0.15, -0.1) is 0 Å². The maximum Gasteiger partial charge on any atom is 0.261 e. The lowest BCUT2D eigenvalue weighted by atomic mass is 9.78. The molecule has 1 saturated carbocycles. The first-order chi connectivity index (χ1) is 16.1. The second-order valence-electron chi connectivity index (χ2n) is 8.81. The van der Waals surface area contributed by atoms with Crippen molar-refractivity contribution in [3.8, 4) is 11.1 Å². The number of benzene rings is 1. The van der Waals surface area contributed by atoms with Crippen molar-refractivity contribution in [2.75, 3.05) is 5.32 Å².